The Morgan fingerprint density at radius 2 is 1.85 bits per heavy atom. The molecule has 1 aliphatic rings. The van der Waals surface area contributed by atoms with Crippen molar-refractivity contribution in [3.8, 4) is 11.4 Å². The number of nitrogens with zero attached hydrogens (tertiary/aromatic N) is 3. The largest absolute Gasteiger partial charge is 0.352 e. The smallest absolute Gasteiger partial charge is 0.238 e. The number of amides is 1. The third-order valence-electron chi connectivity index (χ3n) is 4.25. The van der Waals surface area contributed by atoms with Gasteiger partial charge in [0.1, 0.15) is 11.1 Å². The molecule has 1 aliphatic carbocycles. The van der Waals surface area contributed by atoms with Crippen LogP contribution in [-0.4, -0.2) is 26.8 Å². The average Bonchev–Trinajstić information content (AvgIpc) is 3.42. The van der Waals surface area contributed by atoms with E-state index < -0.39 is 5.25 Å². The first-order chi connectivity index (χ1) is 13.1. The summed E-state index contributed by atoms with van der Waals surface area (Å²) in [6, 6.07) is 15.6. The number of thioether (sulfide) groups is 1. The second-order valence-electron chi connectivity index (χ2n) is 6.37. The molecule has 6 nitrogen and oxygen atoms in total. The van der Waals surface area contributed by atoms with Crippen LogP contribution < -0.4 is 11.2 Å². The van der Waals surface area contributed by atoms with E-state index in [4.69, 9.17) is 5.84 Å². The zero-order chi connectivity index (χ0) is 18.8. The second-order valence-corrected chi connectivity index (χ2v) is 7.45. The number of halogens is 1. The van der Waals surface area contributed by atoms with E-state index in [2.05, 4.69) is 15.5 Å². The fourth-order valence-electron chi connectivity index (χ4n) is 2.66. The van der Waals surface area contributed by atoms with Crippen molar-refractivity contribution in [3.05, 3.63) is 66.0 Å². The minimum Gasteiger partial charge on any atom is -0.352 e. The minimum absolute atomic E-state index is 0.0694. The van der Waals surface area contributed by atoms with Crippen molar-refractivity contribution in [1.82, 2.24) is 20.2 Å². The summed E-state index contributed by atoms with van der Waals surface area (Å²) >= 11 is 1.24. The molecule has 3 aromatic rings. The van der Waals surface area contributed by atoms with Gasteiger partial charge in [-0.2, -0.15) is 0 Å². The van der Waals surface area contributed by atoms with Crippen molar-refractivity contribution >= 4 is 17.7 Å². The van der Waals surface area contributed by atoms with E-state index >= 15 is 0 Å². The normalized spacial score (nSPS) is 14.7. The number of aromatic nitrogens is 3. The van der Waals surface area contributed by atoms with Crippen molar-refractivity contribution in [2.45, 2.75) is 29.3 Å². The lowest BCUT2D eigenvalue weighted by Gasteiger charge is -2.16. The standard InChI is InChI=1S/C19H18FN5OS/c20-14-8-6-13(7-9-14)17-23-24-19(25(17)21)27-16(12-4-2-1-3-5-12)18(26)22-15-10-11-15/h1-9,15-16H,10-11,21H2,(H,22,26). The topological polar surface area (TPSA) is 85.8 Å². The first-order valence-electron chi connectivity index (χ1n) is 8.60. The summed E-state index contributed by atoms with van der Waals surface area (Å²) in [6.45, 7) is 0. The second kappa shape index (κ2) is 7.40. The highest BCUT2D eigenvalue weighted by Crippen LogP contribution is 2.36. The summed E-state index contributed by atoms with van der Waals surface area (Å²) in [5.74, 6) is 6.16. The van der Waals surface area contributed by atoms with Crippen LogP contribution in [0, 0.1) is 5.82 Å². The molecule has 8 heteroatoms. The van der Waals surface area contributed by atoms with Crippen molar-refractivity contribution in [2.24, 2.45) is 0 Å². The molecule has 1 heterocycles. The Morgan fingerprint density at radius 1 is 1.15 bits per heavy atom. The van der Waals surface area contributed by atoms with Gasteiger partial charge >= 0.3 is 0 Å². The Kier molecular flexibility index (Phi) is 4.81. The zero-order valence-electron chi connectivity index (χ0n) is 14.4. The van der Waals surface area contributed by atoms with Gasteiger partial charge < -0.3 is 11.2 Å². The molecule has 3 N–H and O–H groups in total. The molecule has 27 heavy (non-hydrogen) atoms. The molecule has 0 spiro atoms. The molecule has 0 saturated heterocycles. The molecular weight excluding hydrogens is 365 g/mol. The van der Waals surface area contributed by atoms with Crippen LogP contribution in [0.3, 0.4) is 0 Å². The van der Waals surface area contributed by atoms with Crippen LogP contribution in [0.1, 0.15) is 23.7 Å². The number of hydrogen-bond acceptors (Lipinski definition) is 5. The predicted molar refractivity (Wildman–Crippen MR) is 102 cm³/mol. The molecule has 1 saturated carbocycles. The maximum atomic E-state index is 13.1. The fourth-order valence-corrected chi connectivity index (χ4v) is 3.63. The van der Waals surface area contributed by atoms with Crippen LogP contribution in [0.15, 0.2) is 59.8 Å². The Hall–Kier alpha value is -2.87. The minimum atomic E-state index is -0.487. The van der Waals surface area contributed by atoms with Gasteiger partial charge in [-0.3, -0.25) is 4.79 Å². The van der Waals surface area contributed by atoms with Crippen LogP contribution >= 0.6 is 11.8 Å². The highest BCUT2D eigenvalue weighted by Gasteiger charge is 2.30. The molecule has 1 fully saturated rings. The molecule has 0 bridgehead atoms. The number of rotatable bonds is 6. The SMILES string of the molecule is Nn1c(SC(C(=O)NC2CC2)c2ccccc2)nnc1-c1ccc(F)cc1. The number of nitrogen functional groups attached to an aromatic ring is 1. The summed E-state index contributed by atoms with van der Waals surface area (Å²) < 4.78 is 14.5. The number of nitrogens with one attached hydrogen (secondary N) is 1. The lowest BCUT2D eigenvalue weighted by Crippen LogP contribution is -2.30. The Balaban J connectivity index is 1.61. The fraction of sp³-hybridized carbons (Fsp3) is 0.211. The predicted octanol–water partition coefficient (Wildman–Crippen LogP) is 2.91. The summed E-state index contributed by atoms with van der Waals surface area (Å²) in [5, 5.41) is 11.2. The van der Waals surface area contributed by atoms with Gasteiger partial charge in [-0.15, -0.1) is 10.2 Å². The number of carbonyl (C=O) groups excluding carboxylic acids is 1. The molecule has 0 radical (unpaired) electrons. The molecule has 2 aromatic carbocycles. The van der Waals surface area contributed by atoms with Crippen LogP contribution in [0.5, 0.6) is 0 Å². The number of nitrogens with two attached hydrogens (primary N) is 1. The molecule has 138 valence electrons. The van der Waals surface area contributed by atoms with E-state index in [-0.39, 0.29) is 17.8 Å². The van der Waals surface area contributed by atoms with E-state index in [9.17, 15) is 9.18 Å². The number of carbonyl (C=O) groups is 1. The molecule has 1 unspecified atom stereocenters. The molecule has 0 aliphatic heterocycles. The zero-order valence-corrected chi connectivity index (χ0v) is 15.2. The van der Waals surface area contributed by atoms with E-state index in [1.54, 1.807) is 12.1 Å². The van der Waals surface area contributed by atoms with Crippen LogP contribution in [0.4, 0.5) is 4.39 Å². The highest BCUT2D eigenvalue weighted by molar-refractivity contribution is 8.00. The first kappa shape index (κ1) is 17.5. The third kappa shape index (κ3) is 3.95. The molecular formula is C19H18FN5OS. The summed E-state index contributed by atoms with van der Waals surface area (Å²) in [7, 11) is 0. The van der Waals surface area contributed by atoms with Gasteiger partial charge in [0.25, 0.3) is 0 Å². The van der Waals surface area contributed by atoms with Crippen molar-refractivity contribution < 1.29 is 9.18 Å². The van der Waals surface area contributed by atoms with Crippen LogP contribution in [0.25, 0.3) is 11.4 Å². The van der Waals surface area contributed by atoms with Crippen molar-refractivity contribution in [3.63, 3.8) is 0 Å². The average molecular weight is 383 g/mol. The third-order valence-corrected chi connectivity index (χ3v) is 5.47. The number of hydrogen-bond donors (Lipinski definition) is 2. The summed E-state index contributed by atoms with van der Waals surface area (Å²) in [4.78, 5) is 12.8. The van der Waals surface area contributed by atoms with Crippen molar-refractivity contribution in [2.75, 3.05) is 5.84 Å². The molecule has 1 amide bonds. The van der Waals surface area contributed by atoms with E-state index in [1.165, 1.54) is 28.6 Å². The molecule has 1 aromatic heterocycles. The Morgan fingerprint density at radius 3 is 2.52 bits per heavy atom. The quantitative estimate of drug-likeness (QED) is 0.505. The van der Waals surface area contributed by atoms with Gasteiger partial charge in [-0.1, -0.05) is 42.1 Å². The summed E-state index contributed by atoms with van der Waals surface area (Å²) in [6.07, 6.45) is 2.03. The van der Waals surface area contributed by atoms with Crippen molar-refractivity contribution in [1.29, 1.82) is 0 Å². The number of benzene rings is 2. The lowest BCUT2D eigenvalue weighted by atomic mass is 10.1. The van der Waals surface area contributed by atoms with Gasteiger partial charge in [0.15, 0.2) is 5.82 Å². The first-order valence-corrected chi connectivity index (χ1v) is 9.48. The summed E-state index contributed by atoms with van der Waals surface area (Å²) in [5.41, 5.74) is 1.52. The van der Waals surface area contributed by atoms with E-state index in [0.29, 0.717) is 16.5 Å². The van der Waals surface area contributed by atoms with Gasteiger partial charge in [0.2, 0.25) is 11.1 Å². The van der Waals surface area contributed by atoms with Crippen LogP contribution in [-0.2, 0) is 4.79 Å². The van der Waals surface area contributed by atoms with Gasteiger partial charge in [-0.25, -0.2) is 9.07 Å². The lowest BCUT2D eigenvalue weighted by molar-refractivity contribution is -0.120. The van der Waals surface area contributed by atoms with Crippen LogP contribution in [0.2, 0.25) is 0 Å². The Bertz CT molecular complexity index is 940. The highest BCUT2D eigenvalue weighted by atomic mass is 32.2. The van der Waals surface area contributed by atoms with Gasteiger partial charge in [-0.05, 0) is 42.7 Å². The van der Waals surface area contributed by atoms with E-state index in [0.717, 1.165) is 18.4 Å². The van der Waals surface area contributed by atoms with Gasteiger partial charge in [0.05, 0.1) is 0 Å². The van der Waals surface area contributed by atoms with Gasteiger partial charge in [0, 0.05) is 11.6 Å². The van der Waals surface area contributed by atoms with E-state index in [1.807, 2.05) is 30.3 Å². The molecule has 4 rings (SSSR count). The molecule has 1 atom stereocenters. The maximum absolute atomic E-state index is 13.1. The maximum Gasteiger partial charge on any atom is 0.238 e. The Labute approximate surface area is 160 Å². The monoisotopic (exact) mass is 383 g/mol.